The highest BCUT2D eigenvalue weighted by molar-refractivity contribution is 5.91. The minimum absolute atomic E-state index is 0.212. The summed E-state index contributed by atoms with van der Waals surface area (Å²) in [7, 11) is 0. The van der Waals surface area contributed by atoms with Crippen LogP contribution in [-0.2, 0) is 6.54 Å². The van der Waals surface area contributed by atoms with E-state index in [0.29, 0.717) is 17.1 Å². The van der Waals surface area contributed by atoms with Gasteiger partial charge < -0.3 is 15.6 Å². The van der Waals surface area contributed by atoms with Gasteiger partial charge in [-0.2, -0.15) is 0 Å². The van der Waals surface area contributed by atoms with Crippen molar-refractivity contribution in [3.05, 3.63) is 48.1 Å². The number of nitrogens with two attached hydrogens (primary N) is 1. The topological polar surface area (TPSA) is 125 Å². The van der Waals surface area contributed by atoms with Crippen molar-refractivity contribution < 1.29 is 9.32 Å². The van der Waals surface area contributed by atoms with Crippen LogP contribution in [0.4, 0.5) is 0 Å². The zero-order valence-electron chi connectivity index (χ0n) is 14.8. The highest BCUT2D eigenvalue weighted by Gasteiger charge is 2.22. The molecule has 0 unspecified atom stereocenters. The summed E-state index contributed by atoms with van der Waals surface area (Å²) in [6, 6.07) is 7.84. The van der Waals surface area contributed by atoms with Gasteiger partial charge in [0.2, 0.25) is 0 Å². The lowest BCUT2D eigenvalue weighted by atomic mass is 9.92. The summed E-state index contributed by atoms with van der Waals surface area (Å²) >= 11 is 0. The number of aromatic nitrogens is 5. The Morgan fingerprint density at radius 3 is 2.89 bits per heavy atom. The maximum atomic E-state index is 12.3. The molecule has 3 aromatic heterocycles. The minimum atomic E-state index is -0.301. The van der Waals surface area contributed by atoms with Crippen molar-refractivity contribution in [2.45, 2.75) is 44.3 Å². The largest absolute Gasteiger partial charge is 0.359 e. The number of nitrogens with zero attached hydrogens (tertiary/aromatic N) is 5. The van der Waals surface area contributed by atoms with Crippen molar-refractivity contribution in [1.82, 2.24) is 30.5 Å². The zero-order valence-corrected chi connectivity index (χ0v) is 14.8. The number of carbonyl (C=O) groups is 1. The van der Waals surface area contributed by atoms with Crippen LogP contribution < -0.4 is 11.1 Å². The Morgan fingerprint density at radius 1 is 1.26 bits per heavy atom. The van der Waals surface area contributed by atoms with Gasteiger partial charge in [-0.25, -0.2) is 4.68 Å². The van der Waals surface area contributed by atoms with Crippen molar-refractivity contribution in [1.29, 1.82) is 0 Å². The van der Waals surface area contributed by atoms with Crippen LogP contribution in [-0.4, -0.2) is 37.1 Å². The third-order valence-electron chi connectivity index (χ3n) is 4.77. The minimum Gasteiger partial charge on any atom is -0.359 e. The van der Waals surface area contributed by atoms with Gasteiger partial charge in [-0.3, -0.25) is 9.78 Å². The fraction of sp³-hybridized carbons (Fsp3) is 0.389. The van der Waals surface area contributed by atoms with E-state index in [0.717, 1.165) is 25.7 Å². The molecule has 3 N–H and O–H groups in total. The summed E-state index contributed by atoms with van der Waals surface area (Å²) in [6.45, 7) is 0.212. The second-order valence-electron chi connectivity index (χ2n) is 6.73. The van der Waals surface area contributed by atoms with Gasteiger partial charge in [-0.05, 0) is 37.8 Å². The van der Waals surface area contributed by atoms with Crippen LogP contribution in [0.25, 0.3) is 11.4 Å². The number of nitrogens with one attached hydrogen (secondary N) is 1. The van der Waals surface area contributed by atoms with Crippen LogP contribution in [0, 0.1) is 0 Å². The van der Waals surface area contributed by atoms with Gasteiger partial charge in [0.25, 0.3) is 5.91 Å². The van der Waals surface area contributed by atoms with Crippen molar-refractivity contribution in [3.8, 4) is 11.4 Å². The first kappa shape index (κ1) is 17.3. The van der Waals surface area contributed by atoms with E-state index in [1.807, 2.05) is 18.2 Å². The molecule has 4 rings (SSSR count). The summed E-state index contributed by atoms with van der Waals surface area (Å²) in [6.07, 6.45) is 7.23. The molecule has 1 fully saturated rings. The van der Waals surface area contributed by atoms with Gasteiger partial charge in [-0.1, -0.05) is 16.4 Å². The molecule has 1 saturated carbocycles. The summed E-state index contributed by atoms with van der Waals surface area (Å²) in [5.41, 5.74) is 7.56. The first-order chi connectivity index (χ1) is 13.2. The predicted molar refractivity (Wildman–Crippen MR) is 96.4 cm³/mol. The van der Waals surface area contributed by atoms with Gasteiger partial charge >= 0.3 is 0 Å². The van der Waals surface area contributed by atoms with E-state index in [1.165, 1.54) is 0 Å². The first-order valence-electron chi connectivity index (χ1n) is 9.01. The lowest BCUT2D eigenvalue weighted by molar-refractivity contribution is 0.0942. The molecule has 1 amide bonds. The Hall–Kier alpha value is -3.07. The maximum Gasteiger partial charge on any atom is 0.273 e. The van der Waals surface area contributed by atoms with E-state index in [9.17, 15) is 4.79 Å². The highest BCUT2D eigenvalue weighted by Crippen LogP contribution is 2.26. The molecule has 9 nitrogen and oxygen atoms in total. The van der Waals surface area contributed by atoms with E-state index in [2.05, 4.69) is 25.8 Å². The number of hydrogen-bond acceptors (Lipinski definition) is 7. The molecule has 0 aliphatic heterocycles. The van der Waals surface area contributed by atoms with Gasteiger partial charge in [0, 0.05) is 18.3 Å². The molecule has 1 aliphatic carbocycles. The molecule has 0 atom stereocenters. The molecule has 1 aliphatic rings. The van der Waals surface area contributed by atoms with E-state index in [-0.39, 0.29) is 30.2 Å². The fourth-order valence-electron chi connectivity index (χ4n) is 3.21. The Morgan fingerprint density at radius 2 is 2.11 bits per heavy atom. The SMILES string of the molecule is NC1CCC(n2cc(C(=O)NCc3cc(-c4ccccn4)no3)nn2)CC1. The lowest BCUT2D eigenvalue weighted by Crippen LogP contribution is -2.28. The Labute approximate surface area is 155 Å². The van der Waals surface area contributed by atoms with Crippen molar-refractivity contribution in [2.24, 2.45) is 5.73 Å². The standard InChI is InChI=1S/C18H21N7O2/c19-12-4-6-13(7-5-12)25-11-17(22-24-25)18(26)21-10-14-9-16(23-27-14)15-3-1-2-8-20-15/h1-3,8-9,11-13H,4-7,10,19H2,(H,21,26). The second-order valence-corrected chi connectivity index (χ2v) is 6.73. The summed E-state index contributed by atoms with van der Waals surface area (Å²) in [5.74, 6) is 0.238. The third kappa shape index (κ3) is 4.03. The zero-order chi connectivity index (χ0) is 18.6. The molecule has 0 bridgehead atoms. The van der Waals surface area contributed by atoms with E-state index in [4.69, 9.17) is 10.3 Å². The molecule has 27 heavy (non-hydrogen) atoms. The Kier molecular flexibility index (Phi) is 4.93. The van der Waals surface area contributed by atoms with Crippen LogP contribution in [0.1, 0.15) is 48.0 Å². The Balaban J connectivity index is 1.34. The molecule has 3 heterocycles. The van der Waals surface area contributed by atoms with Crippen molar-refractivity contribution in [3.63, 3.8) is 0 Å². The highest BCUT2D eigenvalue weighted by atomic mass is 16.5. The number of pyridine rings is 1. The second kappa shape index (κ2) is 7.67. The number of rotatable bonds is 5. The molecule has 0 radical (unpaired) electrons. The average Bonchev–Trinajstić information content (AvgIpc) is 3.37. The van der Waals surface area contributed by atoms with Gasteiger partial charge in [0.15, 0.2) is 11.5 Å². The molecule has 0 spiro atoms. The maximum absolute atomic E-state index is 12.3. The summed E-state index contributed by atoms with van der Waals surface area (Å²) in [5, 5.41) is 14.8. The van der Waals surface area contributed by atoms with Crippen LogP contribution in [0.15, 0.2) is 41.2 Å². The lowest BCUT2D eigenvalue weighted by Gasteiger charge is -2.25. The number of amides is 1. The summed E-state index contributed by atoms with van der Waals surface area (Å²) in [4.78, 5) is 16.5. The Bertz CT molecular complexity index is 897. The molecule has 0 aromatic carbocycles. The van der Waals surface area contributed by atoms with E-state index in [1.54, 1.807) is 23.1 Å². The van der Waals surface area contributed by atoms with Crippen LogP contribution in [0.5, 0.6) is 0 Å². The normalized spacial score (nSPS) is 19.7. The van der Waals surface area contributed by atoms with E-state index < -0.39 is 0 Å². The van der Waals surface area contributed by atoms with Crippen LogP contribution in [0.2, 0.25) is 0 Å². The quantitative estimate of drug-likeness (QED) is 0.703. The molecular weight excluding hydrogens is 346 g/mol. The van der Waals surface area contributed by atoms with Crippen molar-refractivity contribution >= 4 is 5.91 Å². The van der Waals surface area contributed by atoms with Crippen LogP contribution >= 0.6 is 0 Å². The van der Waals surface area contributed by atoms with Crippen LogP contribution in [0.3, 0.4) is 0 Å². The number of hydrogen-bond donors (Lipinski definition) is 2. The van der Waals surface area contributed by atoms with E-state index >= 15 is 0 Å². The monoisotopic (exact) mass is 367 g/mol. The molecule has 3 aromatic rings. The molecular formula is C18H21N7O2. The first-order valence-corrected chi connectivity index (χ1v) is 9.01. The molecule has 140 valence electrons. The van der Waals surface area contributed by atoms with Gasteiger partial charge in [-0.15, -0.1) is 5.10 Å². The smallest absolute Gasteiger partial charge is 0.273 e. The average molecular weight is 367 g/mol. The third-order valence-corrected chi connectivity index (χ3v) is 4.77. The van der Waals surface area contributed by atoms with Gasteiger partial charge in [0.1, 0.15) is 5.69 Å². The van der Waals surface area contributed by atoms with Crippen molar-refractivity contribution in [2.75, 3.05) is 0 Å². The molecule has 0 saturated heterocycles. The predicted octanol–water partition coefficient (Wildman–Crippen LogP) is 1.70. The fourth-order valence-corrected chi connectivity index (χ4v) is 3.21. The molecule has 9 heteroatoms. The summed E-state index contributed by atoms with van der Waals surface area (Å²) < 4.78 is 7.03. The van der Waals surface area contributed by atoms with Gasteiger partial charge in [0.05, 0.1) is 24.5 Å². The number of carbonyl (C=O) groups excluding carboxylic acids is 1.